The summed E-state index contributed by atoms with van der Waals surface area (Å²) in [5, 5.41) is 19.3. The van der Waals surface area contributed by atoms with Gasteiger partial charge in [0, 0.05) is 6.20 Å². The number of aromatic nitrogens is 2. The third kappa shape index (κ3) is 8.56. The third-order valence-electron chi connectivity index (χ3n) is 5.24. The fourth-order valence-electron chi connectivity index (χ4n) is 3.51. The van der Waals surface area contributed by atoms with E-state index in [2.05, 4.69) is 9.72 Å². The SMILES string of the molecule is C.COC(=O)COP(=O)(C[C@@H](CC(C)C)C(=O)OC)OC[C@H]1S[C@@H](n2ccc(N)nc2=O)[C@@H](O)[C@@H]1O. The average Bonchev–Trinajstić information content (AvgIpc) is 3.08. The standard InChI is InChI=1S/C20H32N3O10PS.CH4/c1-11(2)7-12(19(27)31-4)10-34(29,33-9-15(24)30-3)32-8-13-16(25)17(26)18(35-13)23-6-5-14(21)22-20(23)28;/h5-6,11-13,16-18,25-26H,7-10H2,1-4H3,(H2,21,22,28);1H4/t12-,13-,16-,17+,18-,34?;/m1./s1. The Morgan fingerprint density at radius 3 is 2.44 bits per heavy atom. The Morgan fingerprint density at radius 2 is 1.89 bits per heavy atom. The first-order chi connectivity index (χ1) is 16.4. The molecule has 4 N–H and O–H groups in total. The number of rotatable bonds is 12. The van der Waals surface area contributed by atoms with Gasteiger partial charge in [-0.15, -0.1) is 11.8 Å². The molecule has 1 aliphatic rings. The van der Waals surface area contributed by atoms with E-state index >= 15 is 0 Å². The van der Waals surface area contributed by atoms with E-state index < -0.39 is 60.6 Å². The molecule has 2 rings (SSSR count). The fourth-order valence-corrected chi connectivity index (χ4v) is 6.86. The first kappa shape index (κ1) is 32.1. The summed E-state index contributed by atoms with van der Waals surface area (Å²) in [6.45, 7) is 2.70. The van der Waals surface area contributed by atoms with Crippen molar-refractivity contribution in [3.05, 3.63) is 22.7 Å². The zero-order valence-electron chi connectivity index (χ0n) is 19.9. The number of nitrogens with two attached hydrogens (primary N) is 1. The van der Waals surface area contributed by atoms with Crippen LogP contribution in [0.2, 0.25) is 0 Å². The number of methoxy groups -OCH3 is 2. The van der Waals surface area contributed by atoms with Gasteiger partial charge in [-0.25, -0.2) is 9.59 Å². The smallest absolute Gasteiger partial charge is 0.350 e. The monoisotopic (exact) mass is 553 g/mol. The molecular weight excluding hydrogens is 517 g/mol. The van der Waals surface area contributed by atoms with Crippen molar-refractivity contribution in [2.75, 3.05) is 39.3 Å². The van der Waals surface area contributed by atoms with Crippen molar-refractivity contribution in [1.82, 2.24) is 9.55 Å². The zero-order chi connectivity index (χ0) is 26.3. The number of nitrogens with zero attached hydrogens (tertiary/aromatic N) is 2. The van der Waals surface area contributed by atoms with Crippen molar-refractivity contribution < 1.29 is 42.9 Å². The number of anilines is 1. The zero-order valence-corrected chi connectivity index (χ0v) is 21.6. The van der Waals surface area contributed by atoms with Crippen LogP contribution in [0.5, 0.6) is 0 Å². The molecule has 1 aromatic heterocycles. The summed E-state index contributed by atoms with van der Waals surface area (Å²) < 4.78 is 34.8. The molecule has 0 spiro atoms. The maximum Gasteiger partial charge on any atom is 0.350 e. The average molecular weight is 554 g/mol. The summed E-state index contributed by atoms with van der Waals surface area (Å²) in [7, 11) is -1.74. The molecule has 0 radical (unpaired) electrons. The molecule has 1 aliphatic heterocycles. The third-order valence-corrected chi connectivity index (χ3v) is 8.74. The quantitative estimate of drug-likeness (QED) is 0.246. The molecule has 15 heteroatoms. The van der Waals surface area contributed by atoms with Crippen molar-refractivity contribution in [3.8, 4) is 0 Å². The second kappa shape index (κ2) is 14.1. The normalized spacial score (nSPS) is 24.0. The Hall–Kier alpha value is -1.96. The van der Waals surface area contributed by atoms with Crippen molar-refractivity contribution in [3.63, 3.8) is 0 Å². The molecule has 6 atom stereocenters. The number of thioether (sulfide) groups is 1. The van der Waals surface area contributed by atoms with Crippen LogP contribution in [0.3, 0.4) is 0 Å². The maximum atomic E-state index is 13.5. The summed E-state index contributed by atoms with van der Waals surface area (Å²) in [5.41, 5.74) is 4.79. The van der Waals surface area contributed by atoms with E-state index in [1.807, 2.05) is 13.8 Å². The number of nitrogen functional groups attached to an aromatic ring is 1. The minimum Gasteiger partial charge on any atom is -0.469 e. The Bertz CT molecular complexity index is 991. The van der Waals surface area contributed by atoms with E-state index in [-0.39, 0.29) is 31.9 Å². The molecule has 206 valence electrons. The van der Waals surface area contributed by atoms with Gasteiger partial charge in [0.05, 0.1) is 44.3 Å². The highest BCUT2D eigenvalue weighted by atomic mass is 32.2. The van der Waals surface area contributed by atoms with E-state index in [1.165, 1.54) is 19.4 Å². The molecule has 13 nitrogen and oxygen atoms in total. The second-order valence-electron chi connectivity index (χ2n) is 8.38. The Balaban J connectivity index is 0.00000648. The molecule has 0 amide bonds. The topological polar surface area (TPSA) is 189 Å². The molecule has 1 unspecified atom stereocenters. The van der Waals surface area contributed by atoms with E-state index in [0.29, 0.717) is 6.42 Å². The van der Waals surface area contributed by atoms with Crippen LogP contribution in [0, 0.1) is 11.8 Å². The summed E-state index contributed by atoms with van der Waals surface area (Å²) >= 11 is 1.01. The van der Waals surface area contributed by atoms with Crippen molar-refractivity contribution in [2.24, 2.45) is 11.8 Å². The first-order valence-electron chi connectivity index (χ1n) is 10.8. The Kier molecular flexibility index (Phi) is 12.6. The van der Waals surface area contributed by atoms with Gasteiger partial charge in [-0.3, -0.25) is 18.5 Å². The lowest BCUT2D eigenvalue weighted by Gasteiger charge is -2.25. The number of carbonyl (C=O) groups is 2. The van der Waals surface area contributed by atoms with Crippen LogP contribution >= 0.6 is 19.4 Å². The minimum absolute atomic E-state index is 0. The van der Waals surface area contributed by atoms with E-state index in [1.54, 1.807) is 0 Å². The molecule has 0 bridgehead atoms. The molecular formula is C21H36N3O10PS. The molecule has 1 fully saturated rings. The maximum absolute atomic E-state index is 13.5. The van der Waals surface area contributed by atoms with Crippen LogP contribution in [0.4, 0.5) is 5.82 Å². The summed E-state index contributed by atoms with van der Waals surface area (Å²) in [5.74, 6) is -2.17. The van der Waals surface area contributed by atoms with E-state index in [9.17, 15) is 29.2 Å². The number of ether oxygens (including phenoxy) is 2. The van der Waals surface area contributed by atoms with Crippen molar-refractivity contribution >= 4 is 37.1 Å². The van der Waals surface area contributed by atoms with Gasteiger partial charge in [0.1, 0.15) is 17.3 Å². The van der Waals surface area contributed by atoms with Crippen LogP contribution in [0.15, 0.2) is 17.1 Å². The number of hydrogen-bond donors (Lipinski definition) is 3. The highest BCUT2D eigenvalue weighted by Gasteiger charge is 2.45. The highest BCUT2D eigenvalue weighted by molar-refractivity contribution is 8.00. The second-order valence-corrected chi connectivity index (χ2v) is 11.8. The van der Waals surface area contributed by atoms with Gasteiger partial charge in [0.15, 0.2) is 6.61 Å². The Morgan fingerprint density at radius 1 is 1.22 bits per heavy atom. The number of esters is 2. The van der Waals surface area contributed by atoms with Crippen LogP contribution in [0.25, 0.3) is 0 Å². The number of aliphatic hydroxyl groups is 2. The largest absolute Gasteiger partial charge is 0.469 e. The van der Waals surface area contributed by atoms with Gasteiger partial charge in [-0.05, 0) is 18.4 Å². The van der Waals surface area contributed by atoms with Gasteiger partial charge in [0.25, 0.3) is 0 Å². The van der Waals surface area contributed by atoms with E-state index in [0.717, 1.165) is 23.4 Å². The van der Waals surface area contributed by atoms with Crippen molar-refractivity contribution in [2.45, 2.75) is 50.5 Å². The van der Waals surface area contributed by atoms with Crippen LogP contribution in [-0.4, -0.2) is 82.8 Å². The van der Waals surface area contributed by atoms with Gasteiger partial charge in [0.2, 0.25) is 0 Å². The van der Waals surface area contributed by atoms with Crippen LogP contribution in [0.1, 0.15) is 33.1 Å². The van der Waals surface area contributed by atoms with Gasteiger partial charge < -0.3 is 29.9 Å². The molecule has 2 heterocycles. The lowest BCUT2D eigenvalue weighted by molar-refractivity contribution is -0.145. The number of hydrogen-bond acceptors (Lipinski definition) is 13. The number of aliphatic hydroxyl groups excluding tert-OH is 2. The van der Waals surface area contributed by atoms with Crippen LogP contribution in [-0.2, 0) is 32.7 Å². The minimum atomic E-state index is -4.08. The molecule has 0 aromatic carbocycles. The van der Waals surface area contributed by atoms with Gasteiger partial charge in [-0.2, -0.15) is 4.98 Å². The molecule has 1 saturated heterocycles. The summed E-state index contributed by atoms with van der Waals surface area (Å²) in [6.07, 6.45) is -1.41. The fraction of sp³-hybridized carbons (Fsp3) is 0.714. The lowest BCUT2D eigenvalue weighted by atomic mass is 9.99. The lowest BCUT2D eigenvalue weighted by Crippen LogP contribution is -2.36. The molecule has 36 heavy (non-hydrogen) atoms. The predicted octanol–water partition coefficient (Wildman–Crippen LogP) is 1.03. The first-order valence-corrected chi connectivity index (χ1v) is 13.5. The summed E-state index contributed by atoms with van der Waals surface area (Å²) in [4.78, 5) is 39.6. The van der Waals surface area contributed by atoms with Gasteiger partial charge >= 0.3 is 25.2 Å². The van der Waals surface area contributed by atoms with Crippen molar-refractivity contribution in [1.29, 1.82) is 0 Å². The highest BCUT2D eigenvalue weighted by Crippen LogP contribution is 2.52. The predicted molar refractivity (Wildman–Crippen MR) is 133 cm³/mol. The Labute approximate surface area is 214 Å². The van der Waals surface area contributed by atoms with Crippen LogP contribution < -0.4 is 11.4 Å². The molecule has 1 aromatic rings. The number of carbonyl (C=O) groups excluding carboxylic acids is 2. The molecule has 0 aliphatic carbocycles. The summed E-state index contributed by atoms with van der Waals surface area (Å²) in [6, 6.07) is 1.38. The molecule has 0 saturated carbocycles. The van der Waals surface area contributed by atoms with E-state index in [4.69, 9.17) is 19.5 Å². The van der Waals surface area contributed by atoms with Gasteiger partial charge in [-0.1, -0.05) is 21.3 Å².